The highest BCUT2D eigenvalue weighted by molar-refractivity contribution is 7.87. The van der Waals surface area contributed by atoms with Gasteiger partial charge in [0.2, 0.25) is 0 Å². The fraction of sp³-hybridized carbons (Fsp3) is 0.818. The molecular formula is C11H16F2O6S. The van der Waals surface area contributed by atoms with Gasteiger partial charge >= 0.3 is 21.3 Å². The molecule has 0 heterocycles. The van der Waals surface area contributed by atoms with Crippen molar-refractivity contribution in [3.8, 4) is 0 Å². The molecule has 0 spiro atoms. The summed E-state index contributed by atoms with van der Waals surface area (Å²) in [5.74, 6) is -1.78. The first kappa shape index (κ1) is 17.0. The largest absolute Gasteiger partial charge is 0.465 e. The van der Waals surface area contributed by atoms with Gasteiger partial charge in [0.05, 0.1) is 6.61 Å². The number of hydrogen-bond acceptors (Lipinski definition) is 5. The number of Topliss-reactive ketones (excluding diaryl/α,β-unsaturated/α-hetero) is 1. The minimum atomic E-state index is -5.81. The standard InChI is InChI=1S/C11H16F2O6S/c12-11(13,20(16,17)18)10(15)19-7-1-2-8-3-5-9(14)6-4-8/h8H,1-7H2,(H,16,17,18). The summed E-state index contributed by atoms with van der Waals surface area (Å²) in [6, 6.07) is 0. The number of esters is 1. The van der Waals surface area contributed by atoms with E-state index in [0.717, 1.165) is 12.8 Å². The molecule has 0 atom stereocenters. The van der Waals surface area contributed by atoms with Crippen LogP contribution in [0.2, 0.25) is 0 Å². The Balaban J connectivity index is 2.28. The lowest BCUT2D eigenvalue weighted by atomic mass is 9.85. The molecule has 1 fully saturated rings. The van der Waals surface area contributed by atoms with Crippen molar-refractivity contribution in [2.75, 3.05) is 6.61 Å². The maximum absolute atomic E-state index is 12.8. The van der Waals surface area contributed by atoms with Crippen LogP contribution < -0.4 is 0 Å². The SMILES string of the molecule is O=C1CCC(CCCOC(=O)C(F)(F)S(=O)(=O)O)CC1. The van der Waals surface area contributed by atoms with Crippen LogP contribution in [-0.2, 0) is 24.4 Å². The number of ketones is 1. The molecule has 1 aliphatic rings. The summed E-state index contributed by atoms with van der Waals surface area (Å²) in [5, 5.41) is -4.94. The number of hydrogen-bond donors (Lipinski definition) is 1. The van der Waals surface area contributed by atoms with Crippen LogP contribution in [0.3, 0.4) is 0 Å². The first-order valence-electron chi connectivity index (χ1n) is 6.18. The van der Waals surface area contributed by atoms with E-state index in [0.29, 0.717) is 25.7 Å². The number of alkyl halides is 2. The van der Waals surface area contributed by atoms with Crippen molar-refractivity contribution in [2.24, 2.45) is 5.92 Å². The first-order valence-corrected chi connectivity index (χ1v) is 7.62. The molecule has 0 aromatic carbocycles. The molecule has 1 saturated carbocycles. The summed E-state index contributed by atoms with van der Waals surface area (Å²) in [6.07, 6.45) is 3.38. The van der Waals surface area contributed by atoms with Crippen molar-refractivity contribution in [1.82, 2.24) is 0 Å². The molecule has 20 heavy (non-hydrogen) atoms. The Morgan fingerprint density at radius 2 is 1.90 bits per heavy atom. The summed E-state index contributed by atoms with van der Waals surface area (Å²) in [6.45, 7) is -0.353. The predicted molar refractivity (Wildman–Crippen MR) is 63.7 cm³/mol. The summed E-state index contributed by atoms with van der Waals surface area (Å²) < 4.78 is 58.5. The zero-order chi connectivity index (χ0) is 15.4. The molecule has 0 saturated heterocycles. The van der Waals surface area contributed by atoms with Crippen LogP contribution in [0.1, 0.15) is 38.5 Å². The maximum atomic E-state index is 12.8. The van der Waals surface area contributed by atoms with E-state index >= 15 is 0 Å². The third-order valence-corrected chi connectivity index (χ3v) is 4.03. The lowest BCUT2D eigenvalue weighted by molar-refractivity contribution is -0.161. The third kappa shape index (κ3) is 4.48. The second-order valence-electron chi connectivity index (χ2n) is 4.75. The summed E-state index contributed by atoms with van der Waals surface area (Å²) in [5.41, 5.74) is 0. The molecule has 0 radical (unpaired) electrons. The van der Waals surface area contributed by atoms with Crippen LogP contribution in [0.15, 0.2) is 0 Å². The lowest BCUT2D eigenvalue weighted by Gasteiger charge is -2.20. The molecule has 0 aromatic heterocycles. The molecule has 0 unspecified atom stereocenters. The highest BCUT2D eigenvalue weighted by atomic mass is 32.2. The van der Waals surface area contributed by atoms with Crippen molar-refractivity contribution in [3.63, 3.8) is 0 Å². The van der Waals surface area contributed by atoms with E-state index in [1.807, 2.05) is 0 Å². The highest BCUT2D eigenvalue weighted by Crippen LogP contribution is 2.26. The molecule has 6 nitrogen and oxygen atoms in total. The molecule has 0 bridgehead atoms. The van der Waals surface area contributed by atoms with E-state index in [1.54, 1.807) is 0 Å². The van der Waals surface area contributed by atoms with Gasteiger partial charge in [-0.3, -0.25) is 9.35 Å². The van der Waals surface area contributed by atoms with E-state index in [1.165, 1.54) is 0 Å². The van der Waals surface area contributed by atoms with Gasteiger partial charge in [-0.15, -0.1) is 0 Å². The molecule has 1 N–H and O–H groups in total. The monoisotopic (exact) mass is 314 g/mol. The van der Waals surface area contributed by atoms with E-state index in [2.05, 4.69) is 4.74 Å². The summed E-state index contributed by atoms with van der Waals surface area (Å²) in [7, 11) is -5.81. The molecular weight excluding hydrogens is 298 g/mol. The average molecular weight is 314 g/mol. The number of carbonyl (C=O) groups excluding carboxylic acids is 2. The van der Waals surface area contributed by atoms with Crippen molar-refractivity contribution in [3.05, 3.63) is 0 Å². The van der Waals surface area contributed by atoms with Crippen LogP contribution in [0.4, 0.5) is 8.78 Å². The minimum absolute atomic E-state index is 0.209. The Kier molecular flexibility index (Phi) is 5.58. The Morgan fingerprint density at radius 1 is 1.35 bits per heavy atom. The second kappa shape index (κ2) is 6.57. The van der Waals surface area contributed by atoms with Gasteiger partial charge in [-0.2, -0.15) is 17.2 Å². The predicted octanol–water partition coefficient (Wildman–Crippen LogP) is 1.55. The molecule has 9 heteroatoms. The van der Waals surface area contributed by atoms with Gasteiger partial charge < -0.3 is 4.74 Å². The average Bonchev–Trinajstić information content (AvgIpc) is 2.35. The van der Waals surface area contributed by atoms with Gasteiger partial charge in [0.25, 0.3) is 0 Å². The molecule has 1 aliphatic carbocycles. The quantitative estimate of drug-likeness (QED) is 0.454. The van der Waals surface area contributed by atoms with Crippen molar-refractivity contribution in [1.29, 1.82) is 0 Å². The van der Waals surface area contributed by atoms with E-state index < -0.39 is 21.3 Å². The van der Waals surface area contributed by atoms with Crippen LogP contribution in [0.5, 0.6) is 0 Å². The van der Waals surface area contributed by atoms with Crippen molar-refractivity contribution in [2.45, 2.75) is 43.8 Å². The molecule has 0 amide bonds. The summed E-state index contributed by atoms with van der Waals surface area (Å²) >= 11 is 0. The lowest BCUT2D eigenvalue weighted by Crippen LogP contribution is -2.39. The number of rotatable bonds is 6. The Labute approximate surface area is 115 Å². The zero-order valence-corrected chi connectivity index (χ0v) is 11.5. The van der Waals surface area contributed by atoms with Crippen LogP contribution in [0.25, 0.3) is 0 Å². The van der Waals surface area contributed by atoms with Gasteiger partial charge in [-0.25, -0.2) is 4.79 Å². The minimum Gasteiger partial charge on any atom is -0.460 e. The Bertz CT molecular complexity index is 463. The van der Waals surface area contributed by atoms with Crippen molar-refractivity contribution < 1.29 is 36.1 Å². The van der Waals surface area contributed by atoms with E-state index in [4.69, 9.17) is 4.55 Å². The van der Waals surface area contributed by atoms with Crippen LogP contribution >= 0.6 is 0 Å². The third-order valence-electron chi connectivity index (χ3n) is 3.21. The number of carbonyl (C=O) groups is 2. The Morgan fingerprint density at radius 3 is 2.40 bits per heavy atom. The first-order chi connectivity index (χ1) is 9.14. The fourth-order valence-electron chi connectivity index (χ4n) is 2.01. The number of halogens is 2. The molecule has 1 rings (SSSR count). The second-order valence-corrected chi connectivity index (χ2v) is 6.21. The maximum Gasteiger partial charge on any atom is 0.465 e. The summed E-state index contributed by atoms with van der Waals surface area (Å²) in [4.78, 5) is 21.8. The van der Waals surface area contributed by atoms with Gasteiger partial charge in [-0.1, -0.05) is 0 Å². The van der Waals surface area contributed by atoms with Gasteiger partial charge in [0.1, 0.15) is 5.78 Å². The van der Waals surface area contributed by atoms with Gasteiger partial charge in [0.15, 0.2) is 0 Å². The zero-order valence-electron chi connectivity index (χ0n) is 10.7. The van der Waals surface area contributed by atoms with E-state index in [-0.39, 0.29) is 18.3 Å². The van der Waals surface area contributed by atoms with Gasteiger partial charge in [-0.05, 0) is 31.6 Å². The molecule has 0 aromatic rings. The van der Waals surface area contributed by atoms with E-state index in [9.17, 15) is 26.8 Å². The number of ether oxygens (including phenoxy) is 1. The van der Waals surface area contributed by atoms with Crippen LogP contribution in [0, 0.1) is 5.92 Å². The topological polar surface area (TPSA) is 97.7 Å². The molecule has 116 valence electrons. The molecule has 0 aliphatic heterocycles. The normalized spacial score (nSPS) is 18.1. The Hall–Kier alpha value is -1.09. The van der Waals surface area contributed by atoms with Gasteiger partial charge in [0, 0.05) is 12.8 Å². The fourth-order valence-corrected chi connectivity index (χ4v) is 2.28. The van der Waals surface area contributed by atoms with Crippen molar-refractivity contribution >= 4 is 21.9 Å². The smallest absolute Gasteiger partial charge is 0.460 e. The highest BCUT2D eigenvalue weighted by Gasteiger charge is 2.54. The van der Waals surface area contributed by atoms with Crippen LogP contribution in [-0.4, -0.2) is 36.6 Å².